The van der Waals surface area contributed by atoms with Gasteiger partial charge in [-0.3, -0.25) is 4.79 Å². The molecule has 0 spiro atoms. The first-order valence-electron chi connectivity index (χ1n) is 6.92. The minimum absolute atomic E-state index is 0.173. The first kappa shape index (κ1) is 14.0. The van der Waals surface area contributed by atoms with Gasteiger partial charge in [0, 0.05) is 6.42 Å². The van der Waals surface area contributed by atoms with Crippen LogP contribution in [0.15, 0.2) is 43.0 Å². The Hall–Kier alpha value is -1.41. The molecule has 1 aromatic carbocycles. The Bertz CT molecular complexity index is 465. The van der Waals surface area contributed by atoms with Gasteiger partial charge in [0.2, 0.25) is 0 Å². The van der Waals surface area contributed by atoms with Crippen molar-refractivity contribution in [1.82, 2.24) is 0 Å². The van der Waals surface area contributed by atoms with E-state index < -0.39 is 11.0 Å². The molecule has 0 heterocycles. The smallest absolute Gasteiger partial charge is 0.141 e. The van der Waals surface area contributed by atoms with Crippen molar-refractivity contribution >= 4 is 5.78 Å². The molecule has 2 rings (SSSR count). The molecule has 0 amide bonds. The lowest BCUT2D eigenvalue weighted by molar-refractivity contribution is -0.154. The summed E-state index contributed by atoms with van der Waals surface area (Å²) in [7, 11) is 0. The first-order chi connectivity index (χ1) is 9.02. The average molecular weight is 258 g/mol. The highest BCUT2D eigenvalue weighted by molar-refractivity contribution is 5.87. The second-order valence-electron chi connectivity index (χ2n) is 5.80. The number of carbonyl (C=O) groups excluding carboxylic acids is 1. The van der Waals surface area contributed by atoms with Crippen molar-refractivity contribution in [2.45, 2.75) is 44.6 Å². The molecule has 1 N–H and O–H groups in total. The van der Waals surface area contributed by atoms with Gasteiger partial charge in [-0.15, -0.1) is 6.58 Å². The third kappa shape index (κ3) is 2.50. The highest BCUT2D eigenvalue weighted by atomic mass is 16.3. The Morgan fingerprint density at radius 1 is 1.37 bits per heavy atom. The Morgan fingerprint density at radius 3 is 2.68 bits per heavy atom. The number of aliphatic hydroxyl groups is 1. The van der Waals surface area contributed by atoms with Crippen molar-refractivity contribution in [3.63, 3.8) is 0 Å². The molecule has 0 unspecified atom stereocenters. The highest BCUT2D eigenvalue weighted by Gasteiger charge is 2.52. The first-order valence-corrected chi connectivity index (χ1v) is 6.92. The predicted octanol–water partition coefficient (Wildman–Crippen LogP) is 3.30. The molecule has 1 aliphatic rings. The second kappa shape index (κ2) is 5.30. The molecule has 1 aliphatic carbocycles. The third-order valence-corrected chi connectivity index (χ3v) is 4.52. The molecule has 1 fully saturated rings. The fraction of sp³-hybridized carbons (Fsp3) is 0.471. The van der Waals surface area contributed by atoms with E-state index in [1.165, 1.54) is 0 Å². The SMILES string of the molecule is C=CC[C@@]1(O)CCCC(=O)[C@]1(C)Cc1ccccc1. The van der Waals surface area contributed by atoms with Crippen molar-refractivity contribution in [3.8, 4) is 0 Å². The molecule has 1 aromatic rings. The quantitative estimate of drug-likeness (QED) is 0.841. The number of hydrogen-bond acceptors (Lipinski definition) is 2. The lowest BCUT2D eigenvalue weighted by Gasteiger charge is -2.47. The molecular formula is C17H22O2. The Kier molecular flexibility index (Phi) is 3.91. The average Bonchev–Trinajstić information content (AvgIpc) is 2.38. The van der Waals surface area contributed by atoms with Gasteiger partial charge in [0.25, 0.3) is 0 Å². The summed E-state index contributed by atoms with van der Waals surface area (Å²) in [5, 5.41) is 10.9. The van der Waals surface area contributed by atoms with Crippen LogP contribution in [0.25, 0.3) is 0 Å². The van der Waals surface area contributed by atoms with Gasteiger partial charge in [0.15, 0.2) is 0 Å². The van der Waals surface area contributed by atoms with E-state index in [4.69, 9.17) is 0 Å². The fourth-order valence-corrected chi connectivity index (χ4v) is 3.19. The number of carbonyl (C=O) groups is 1. The highest BCUT2D eigenvalue weighted by Crippen LogP contribution is 2.46. The Balaban J connectivity index is 2.34. The maximum atomic E-state index is 12.4. The van der Waals surface area contributed by atoms with E-state index >= 15 is 0 Å². The van der Waals surface area contributed by atoms with Crippen LogP contribution in [-0.4, -0.2) is 16.5 Å². The summed E-state index contributed by atoms with van der Waals surface area (Å²) in [5.41, 5.74) is -0.566. The largest absolute Gasteiger partial charge is 0.389 e. The topological polar surface area (TPSA) is 37.3 Å². The van der Waals surface area contributed by atoms with Gasteiger partial charge >= 0.3 is 0 Å². The van der Waals surface area contributed by atoms with Crippen LogP contribution in [0.1, 0.15) is 38.2 Å². The van der Waals surface area contributed by atoms with Crippen molar-refractivity contribution < 1.29 is 9.90 Å². The van der Waals surface area contributed by atoms with Crippen LogP contribution in [0.2, 0.25) is 0 Å². The summed E-state index contributed by atoms with van der Waals surface area (Å²) in [4.78, 5) is 12.4. The minimum atomic E-state index is -0.958. The molecule has 0 saturated heterocycles. The molecule has 0 radical (unpaired) electrons. The van der Waals surface area contributed by atoms with Crippen molar-refractivity contribution in [1.29, 1.82) is 0 Å². The second-order valence-corrected chi connectivity index (χ2v) is 5.80. The van der Waals surface area contributed by atoms with Crippen molar-refractivity contribution in [3.05, 3.63) is 48.6 Å². The van der Waals surface area contributed by atoms with E-state index in [-0.39, 0.29) is 5.78 Å². The zero-order valence-electron chi connectivity index (χ0n) is 11.6. The lowest BCUT2D eigenvalue weighted by atomic mass is 9.59. The van der Waals surface area contributed by atoms with Crippen LogP contribution in [0.5, 0.6) is 0 Å². The van der Waals surface area contributed by atoms with E-state index in [9.17, 15) is 9.90 Å². The van der Waals surface area contributed by atoms with Gasteiger partial charge in [-0.2, -0.15) is 0 Å². The van der Waals surface area contributed by atoms with Gasteiger partial charge in [-0.1, -0.05) is 36.4 Å². The molecule has 0 aliphatic heterocycles. The summed E-state index contributed by atoms with van der Waals surface area (Å²) in [6.45, 7) is 5.63. The van der Waals surface area contributed by atoms with Crippen LogP contribution in [0.4, 0.5) is 0 Å². The van der Waals surface area contributed by atoms with Gasteiger partial charge in [0.05, 0.1) is 11.0 Å². The molecule has 2 nitrogen and oxygen atoms in total. The number of Topliss-reactive ketones (excluding diaryl/α,β-unsaturated/α-hetero) is 1. The van der Waals surface area contributed by atoms with Gasteiger partial charge in [-0.05, 0) is 38.2 Å². The predicted molar refractivity (Wildman–Crippen MR) is 76.9 cm³/mol. The maximum Gasteiger partial charge on any atom is 0.141 e. The van der Waals surface area contributed by atoms with Crippen LogP contribution in [0.3, 0.4) is 0 Å². The lowest BCUT2D eigenvalue weighted by Crippen LogP contribution is -2.55. The molecule has 19 heavy (non-hydrogen) atoms. The third-order valence-electron chi connectivity index (χ3n) is 4.52. The Morgan fingerprint density at radius 2 is 2.05 bits per heavy atom. The van der Waals surface area contributed by atoms with Gasteiger partial charge in [0.1, 0.15) is 5.78 Å². The Labute approximate surface area is 115 Å². The van der Waals surface area contributed by atoms with Crippen molar-refractivity contribution in [2.24, 2.45) is 5.41 Å². The van der Waals surface area contributed by atoms with E-state index in [1.807, 2.05) is 37.3 Å². The standard InChI is InChI=1S/C17H22O2/c1-3-11-17(19)12-7-10-15(18)16(17,2)13-14-8-5-4-6-9-14/h3-6,8-9,19H,1,7,10-13H2,2H3/t16-,17+/m0/s1. The minimum Gasteiger partial charge on any atom is -0.389 e. The number of ketones is 1. The molecule has 0 bridgehead atoms. The number of benzene rings is 1. The zero-order valence-corrected chi connectivity index (χ0v) is 11.6. The summed E-state index contributed by atoms with van der Waals surface area (Å²) in [6, 6.07) is 9.94. The van der Waals surface area contributed by atoms with Crippen LogP contribution in [0, 0.1) is 5.41 Å². The summed E-state index contributed by atoms with van der Waals surface area (Å²) in [6.07, 6.45) is 4.81. The monoisotopic (exact) mass is 258 g/mol. The summed E-state index contributed by atoms with van der Waals surface area (Å²) < 4.78 is 0. The van der Waals surface area contributed by atoms with Crippen LogP contribution >= 0.6 is 0 Å². The fourth-order valence-electron chi connectivity index (χ4n) is 3.19. The van der Waals surface area contributed by atoms with Crippen molar-refractivity contribution in [2.75, 3.05) is 0 Å². The van der Waals surface area contributed by atoms with E-state index in [1.54, 1.807) is 6.08 Å². The zero-order chi connectivity index (χ0) is 13.9. The van der Waals surface area contributed by atoms with Gasteiger partial charge < -0.3 is 5.11 Å². The molecular weight excluding hydrogens is 236 g/mol. The molecule has 2 heteroatoms. The molecule has 1 saturated carbocycles. The van der Waals surface area contributed by atoms with Crippen LogP contribution in [-0.2, 0) is 11.2 Å². The summed E-state index contributed by atoms with van der Waals surface area (Å²) in [5.74, 6) is 0.173. The van der Waals surface area contributed by atoms with E-state index in [0.717, 1.165) is 12.0 Å². The van der Waals surface area contributed by atoms with Gasteiger partial charge in [-0.25, -0.2) is 0 Å². The van der Waals surface area contributed by atoms with E-state index in [0.29, 0.717) is 25.7 Å². The maximum absolute atomic E-state index is 12.4. The molecule has 2 atom stereocenters. The molecule has 102 valence electrons. The molecule has 0 aromatic heterocycles. The summed E-state index contributed by atoms with van der Waals surface area (Å²) >= 11 is 0. The van der Waals surface area contributed by atoms with E-state index in [2.05, 4.69) is 6.58 Å². The normalized spacial score (nSPS) is 31.2. The number of rotatable bonds is 4. The number of hydrogen-bond donors (Lipinski definition) is 1. The van der Waals surface area contributed by atoms with Crippen LogP contribution < -0.4 is 0 Å².